The standard InChI is InChI=1S/C14H16N4O/c1-10(15)13-14(17-8-7-16-13)18-9-11-3-5-12(19-2)6-4-11/h3-8,15H,9H2,1-2H3,(H,17,18). The molecule has 0 saturated carbocycles. The number of methoxy groups -OCH3 is 1. The van der Waals surface area contributed by atoms with Crippen LogP contribution in [0.2, 0.25) is 0 Å². The van der Waals surface area contributed by atoms with E-state index >= 15 is 0 Å². The van der Waals surface area contributed by atoms with Gasteiger partial charge in [0.2, 0.25) is 0 Å². The van der Waals surface area contributed by atoms with E-state index in [1.165, 1.54) is 0 Å². The number of rotatable bonds is 5. The lowest BCUT2D eigenvalue weighted by Crippen LogP contribution is -2.08. The Hall–Kier alpha value is -2.43. The fraction of sp³-hybridized carbons (Fsp3) is 0.214. The number of hydrogen-bond acceptors (Lipinski definition) is 5. The summed E-state index contributed by atoms with van der Waals surface area (Å²) in [6.45, 7) is 2.32. The van der Waals surface area contributed by atoms with E-state index in [1.807, 2.05) is 24.3 Å². The molecule has 0 aliphatic carbocycles. The van der Waals surface area contributed by atoms with Crippen molar-refractivity contribution in [2.45, 2.75) is 13.5 Å². The van der Waals surface area contributed by atoms with Crippen molar-refractivity contribution in [3.05, 3.63) is 47.9 Å². The van der Waals surface area contributed by atoms with Gasteiger partial charge in [-0.2, -0.15) is 0 Å². The highest BCUT2D eigenvalue weighted by Crippen LogP contribution is 2.14. The Morgan fingerprint density at radius 2 is 1.89 bits per heavy atom. The molecule has 0 radical (unpaired) electrons. The zero-order chi connectivity index (χ0) is 13.7. The van der Waals surface area contributed by atoms with Gasteiger partial charge in [0, 0.05) is 18.9 Å². The Balaban J connectivity index is 2.07. The summed E-state index contributed by atoms with van der Waals surface area (Å²) in [7, 11) is 1.64. The van der Waals surface area contributed by atoms with Gasteiger partial charge in [0.25, 0.3) is 0 Å². The van der Waals surface area contributed by atoms with Crippen molar-refractivity contribution in [3.63, 3.8) is 0 Å². The van der Waals surface area contributed by atoms with E-state index < -0.39 is 0 Å². The van der Waals surface area contributed by atoms with E-state index in [-0.39, 0.29) is 0 Å². The van der Waals surface area contributed by atoms with E-state index in [0.717, 1.165) is 11.3 Å². The summed E-state index contributed by atoms with van der Waals surface area (Å²) in [6.07, 6.45) is 3.20. The van der Waals surface area contributed by atoms with Crippen molar-refractivity contribution in [2.24, 2.45) is 0 Å². The van der Waals surface area contributed by atoms with Gasteiger partial charge in [-0.25, -0.2) is 9.97 Å². The van der Waals surface area contributed by atoms with E-state index in [4.69, 9.17) is 10.1 Å². The van der Waals surface area contributed by atoms with Crippen molar-refractivity contribution >= 4 is 11.5 Å². The Morgan fingerprint density at radius 1 is 1.21 bits per heavy atom. The lowest BCUT2D eigenvalue weighted by atomic mass is 10.2. The molecule has 2 aromatic rings. The van der Waals surface area contributed by atoms with Crippen LogP contribution in [-0.2, 0) is 6.54 Å². The number of anilines is 1. The summed E-state index contributed by atoms with van der Waals surface area (Å²) in [5.41, 5.74) is 2.08. The first-order valence-electron chi connectivity index (χ1n) is 5.94. The number of nitrogens with one attached hydrogen (secondary N) is 2. The zero-order valence-corrected chi connectivity index (χ0v) is 11.0. The second-order valence-electron chi connectivity index (χ2n) is 4.08. The molecular formula is C14H16N4O. The van der Waals surface area contributed by atoms with Crippen LogP contribution in [0.3, 0.4) is 0 Å². The molecule has 0 aliphatic heterocycles. The Morgan fingerprint density at radius 3 is 2.53 bits per heavy atom. The van der Waals surface area contributed by atoms with E-state index in [1.54, 1.807) is 26.4 Å². The van der Waals surface area contributed by atoms with Crippen LogP contribution in [-0.4, -0.2) is 22.8 Å². The highest BCUT2D eigenvalue weighted by atomic mass is 16.5. The topological polar surface area (TPSA) is 70.9 Å². The summed E-state index contributed by atoms with van der Waals surface area (Å²) >= 11 is 0. The molecule has 5 heteroatoms. The molecule has 0 saturated heterocycles. The molecule has 0 spiro atoms. The second kappa shape index (κ2) is 5.95. The SMILES string of the molecule is COc1ccc(CNc2nccnc2C(C)=N)cc1. The van der Waals surface area contributed by atoms with Gasteiger partial charge in [0.15, 0.2) is 5.82 Å². The molecule has 5 nitrogen and oxygen atoms in total. The van der Waals surface area contributed by atoms with Crippen molar-refractivity contribution in [1.29, 1.82) is 5.41 Å². The molecule has 0 fully saturated rings. The molecule has 0 amide bonds. The maximum atomic E-state index is 7.65. The number of hydrogen-bond donors (Lipinski definition) is 2. The highest BCUT2D eigenvalue weighted by molar-refractivity contribution is 5.98. The molecule has 0 unspecified atom stereocenters. The normalized spacial score (nSPS) is 10.0. The van der Waals surface area contributed by atoms with Gasteiger partial charge >= 0.3 is 0 Å². The van der Waals surface area contributed by atoms with Crippen molar-refractivity contribution < 1.29 is 4.74 Å². The third-order valence-corrected chi connectivity index (χ3v) is 2.67. The predicted molar refractivity (Wildman–Crippen MR) is 74.9 cm³/mol. The average Bonchev–Trinajstić information content (AvgIpc) is 2.46. The maximum Gasteiger partial charge on any atom is 0.154 e. The number of nitrogens with zero attached hydrogens (tertiary/aromatic N) is 2. The average molecular weight is 256 g/mol. The summed E-state index contributed by atoms with van der Waals surface area (Å²) in [5, 5.41) is 10.8. The number of ether oxygens (including phenoxy) is 1. The quantitative estimate of drug-likeness (QED) is 0.806. The van der Waals surface area contributed by atoms with E-state index in [9.17, 15) is 0 Å². The molecule has 0 atom stereocenters. The van der Waals surface area contributed by atoms with Crippen molar-refractivity contribution in [3.8, 4) is 5.75 Å². The van der Waals surface area contributed by atoms with E-state index in [0.29, 0.717) is 23.8 Å². The summed E-state index contributed by atoms with van der Waals surface area (Å²) < 4.78 is 5.11. The van der Waals surface area contributed by atoms with Gasteiger partial charge in [-0.05, 0) is 24.6 Å². The van der Waals surface area contributed by atoms with Gasteiger partial charge in [-0.15, -0.1) is 0 Å². The predicted octanol–water partition coefficient (Wildman–Crippen LogP) is 2.49. The molecule has 1 heterocycles. The minimum Gasteiger partial charge on any atom is -0.497 e. The fourth-order valence-corrected chi connectivity index (χ4v) is 1.67. The van der Waals surface area contributed by atoms with Crippen LogP contribution in [0.15, 0.2) is 36.7 Å². The van der Waals surface area contributed by atoms with Crippen LogP contribution in [0.1, 0.15) is 18.2 Å². The summed E-state index contributed by atoms with van der Waals surface area (Å²) in [5.74, 6) is 1.46. The van der Waals surface area contributed by atoms with Crippen LogP contribution in [0, 0.1) is 5.41 Å². The zero-order valence-electron chi connectivity index (χ0n) is 11.0. The van der Waals surface area contributed by atoms with Crippen LogP contribution in [0.25, 0.3) is 0 Å². The first-order valence-corrected chi connectivity index (χ1v) is 5.94. The number of benzene rings is 1. The van der Waals surface area contributed by atoms with Gasteiger partial charge in [-0.1, -0.05) is 12.1 Å². The highest BCUT2D eigenvalue weighted by Gasteiger charge is 2.06. The van der Waals surface area contributed by atoms with Crippen molar-refractivity contribution in [1.82, 2.24) is 9.97 Å². The fourth-order valence-electron chi connectivity index (χ4n) is 1.67. The van der Waals surface area contributed by atoms with E-state index in [2.05, 4.69) is 15.3 Å². The lowest BCUT2D eigenvalue weighted by molar-refractivity contribution is 0.414. The van der Waals surface area contributed by atoms with Crippen LogP contribution >= 0.6 is 0 Å². The first-order chi connectivity index (χ1) is 9.20. The van der Waals surface area contributed by atoms with Gasteiger partial charge in [-0.3, -0.25) is 0 Å². The van der Waals surface area contributed by atoms with Crippen molar-refractivity contribution in [2.75, 3.05) is 12.4 Å². The monoisotopic (exact) mass is 256 g/mol. The molecule has 2 N–H and O–H groups in total. The smallest absolute Gasteiger partial charge is 0.154 e. The molecule has 2 rings (SSSR count). The molecule has 1 aromatic carbocycles. The largest absolute Gasteiger partial charge is 0.497 e. The third-order valence-electron chi connectivity index (χ3n) is 2.67. The lowest BCUT2D eigenvalue weighted by Gasteiger charge is -2.09. The molecule has 19 heavy (non-hydrogen) atoms. The maximum absolute atomic E-state index is 7.65. The van der Waals surface area contributed by atoms with Gasteiger partial charge in [0.05, 0.1) is 12.8 Å². The molecular weight excluding hydrogens is 240 g/mol. The molecule has 98 valence electrons. The Bertz CT molecular complexity index is 566. The second-order valence-corrected chi connectivity index (χ2v) is 4.08. The summed E-state index contributed by atoms with van der Waals surface area (Å²) in [4.78, 5) is 8.36. The van der Waals surface area contributed by atoms with Gasteiger partial charge < -0.3 is 15.5 Å². The minimum atomic E-state index is 0.394. The molecule has 1 aromatic heterocycles. The van der Waals surface area contributed by atoms with Crippen LogP contribution in [0.4, 0.5) is 5.82 Å². The van der Waals surface area contributed by atoms with Crippen LogP contribution in [0.5, 0.6) is 5.75 Å². The number of aromatic nitrogens is 2. The molecule has 0 bridgehead atoms. The Labute approximate surface area is 112 Å². The summed E-state index contributed by atoms with van der Waals surface area (Å²) in [6, 6.07) is 7.80. The van der Waals surface area contributed by atoms with Crippen LogP contribution < -0.4 is 10.1 Å². The first kappa shape index (κ1) is 13.0. The Kier molecular flexibility index (Phi) is 4.07. The molecule has 0 aliphatic rings. The minimum absolute atomic E-state index is 0.394. The van der Waals surface area contributed by atoms with Gasteiger partial charge in [0.1, 0.15) is 11.4 Å². The third kappa shape index (κ3) is 3.28.